The lowest BCUT2D eigenvalue weighted by Crippen LogP contribution is -2.53. The Labute approximate surface area is 109 Å². The zero-order valence-electron chi connectivity index (χ0n) is 11.4. The summed E-state index contributed by atoms with van der Waals surface area (Å²) in [5.41, 5.74) is 0.836. The van der Waals surface area contributed by atoms with E-state index in [0.29, 0.717) is 12.0 Å². The van der Waals surface area contributed by atoms with Gasteiger partial charge in [-0.2, -0.15) is 0 Å². The molecule has 1 saturated carbocycles. The van der Waals surface area contributed by atoms with Crippen molar-refractivity contribution in [3.63, 3.8) is 0 Å². The van der Waals surface area contributed by atoms with Gasteiger partial charge in [0.25, 0.3) is 0 Å². The molecule has 1 aliphatic rings. The molecule has 1 fully saturated rings. The van der Waals surface area contributed by atoms with Gasteiger partial charge in [-0.25, -0.2) is 0 Å². The fraction of sp³-hybridized carbons (Fsp3) is 0.533. The molecule has 0 bridgehead atoms. The Balaban J connectivity index is 1.88. The third kappa shape index (κ3) is 2.91. The molecule has 1 aromatic rings. The molecule has 2 atom stereocenters. The first kappa shape index (κ1) is 13.1. The number of hydrogen-bond donors (Lipinski definition) is 2. The van der Waals surface area contributed by atoms with Gasteiger partial charge in [0.1, 0.15) is 0 Å². The maximum Gasteiger partial charge on any atom is 0.239 e. The maximum absolute atomic E-state index is 12.1. The summed E-state index contributed by atoms with van der Waals surface area (Å²) in [7, 11) is 0. The van der Waals surface area contributed by atoms with Gasteiger partial charge in [0.15, 0.2) is 0 Å². The summed E-state index contributed by atoms with van der Waals surface area (Å²) in [5.74, 6) is 0.584. The number of likely N-dealkylation sites (N-methyl/N-ethyl adjacent to an activating group) is 1. The third-order valence-electron chi connectivity index (χ3n) is 3.52. The molecule has 2 N–H and O–H groups in total. The number of benzene rings is 1. The van der Waals surface area contributed by atoms with Crippen molar-refractivity contribution in [2.24, 2.45) is 0 Å². The molecule has 1 aromatic carbocycles. The van der Waals surface area contributed by atoms with Crippen molar-refractivity contribution in [1.29, 1.82) is 0 Å². The molecule has 3 heteroatoms. The second-order valence-corrected chi connectivity index (χ2v) is 5.49. The van der Waals surface area contributed by atoms with Gasteiger partial charge < -0.3 is 10.6 Å². The van der Waals surface area contributed by atoms with Crippen molar-refractivity contribution in [2.75, 3.05) is 6.54 Å². The topological polar surface area (TPSA) is 41.1 Å². The molecule has 0 saturated heterocycles. The highest BCUT2D eigenvalue weighted by Crippen LogP contribution is 2.40. The highest BCUT2D eigenvalue weighted by atomic mass is 16.2. The molecule has 98 valence electrons. The van der Waals surface area contributed by atoms with E-state index in [9.17, 15) is 4.79 Å². The fourth-order valence-corrected chi connectivity index (χ4v) is 2.29. The third-order valence-corrected chi connectivity index (χ3v) is 3.52. The Bertz CT molecular complexity index is 414. The van der Waals surface area contributed by atoms with Crippen LogP contribution in [-0.4, -0.2) is 24.0 Å². The molecule has 2 rings (SSSR count). The fourth-order valence-electron chi connectivity index (χ4n) is 2.29. The number of rotatable bonds is 5. The van der Waals surface area contributed by atoms with Crippen LogP contribution >= 0.6 is 0 Å². The highest BCUT2D eigenvalue weighted by Gasteiger charge is 2.41. The van der Waals surface area contributed by atoms with Gasteiger partial charge in [-0.15, -0.1) is 0 Å². The summed E-state index contributed by atoms with van der Waals surface area (Å²) in [5, 5.41) is 6.32. The van der Waals surface area contributed by atoms with Crippen LogP contribution in [0, 0.1) is 0 Å². The van der Waals surface area contributed by atoms with Crippen LogP contribution in [0.3, 0.4) is 0 Å². The molecule has 3 nitrogen and oxygen atoms in total. The van der Waals surface area contributed by atoms with E-state index in [1.54, 1.807) is 0 Å². The summed E-state index contributed by atoms with van der Waals surface area (Å²) in [4.78, 5) is 12.1. The number of carbonyl (C=O) groups excluding carboxylic acids is 1. The van der Waals surface area contributed by atoms with E-state index in [2.05, 4.69) is 34.9 Å². The summed E-state index contributed by atoms with van der Waals surface area (Å²) in [6.07, 6.45) is 1.05. The molecule has 0 aliphatic heterocycles. The Hall–Kier alpha value is -1.35. The molecule has 1 amide bonds. The van der Waals surface area contributed by atoms with Gasteiger partial charge >= 0.3 is 0 Å². The van der Waals surface area contributed by atoms with Gasteiger partial charge in [-0.3, -0.25) is 4.79 Å². The smallest absolute Gasteiger partial charge is 0.239 e. The largest absolute Gasteiger partial charge is 0.351 e. The Morgan fingerprint density at radius 3 is 2.61 bits per heavy atom. The van der Waals surface area contributed by atoms with Crippen LogP contribution in [-0.2, 0) is 4.79 Å². The van der Waals surface area contributed by atoms with Crippen LogP contribution in [0.5, 0.6) is 0 Å². The van der Waals surface area contributed by atoms with Crippen molar-refractivity contribution in [3.05, 3.63) is 35.9 Å². The minimum atomic E-state index is -0.488. The van der Waals surface area contributed by atoms with Crippen LogP contribution in [0.15, 0.2) is 30.3 Å². The number of hydrogen-bond acceptors (Lipinski definition) is 2. The predicted octanol–water partition coefficient (Wildman–Crippen LogP) is 2.05. The van der Waals surface area contributed by atoms with Crippen LogP contribution in [0.4, 0.5) is 0 Å². The molecule has 0 spiro atoms. The Kier molecular flexibility index (Phi) is 3.71. The molecule has 1 aliphatic carbocycles. The quantitative estimate of drug-likeness (QED) is 0.835. The first-order chi connectivity index (χ1) is 8.54. The van der Waals surface area contributed by atoms with Gasteiger partial charge in [0.05, 0.1) is 5.54 Å². The minimum absolute atomic E-state index is 0.0905. The number of carbonyl (C=O) groups is 1. The van der Waals surface area contributed by atoms with E-state index in [4.69, 9.17) is 0 Å². The van der Waals surface area contributed by atoms with Crippen LogP contribution in [0.2, 0.25) is 0 Å². The lowest BCUT2D eigenvalue weighted by atomic mass is 10.0. The summed E-state index contributed by atoms with van der Waals surface area (Å²) < 4.78 is 0. The average molecular weight is 246 g/mol. The lowest BCUT2D eigenvalue weighted by molar-refractivity contribution is -0.126. The molecule has 0 aromatic heterocycles. The normalized spacial score (nSPS) is 22.6. The van der Waals surface area contributed by atoms with E-state index < -0.39 is 5.54 Å². The summed E-state index contributed by atoms with van der Waals surface area (Å²) >= 11 is 0. The Morgan fingerprint density at radius 2 is 2.00 bits per heavy atom. The van der Waals surface area contributed by atoms with E-state index in [0.717, 1.165) is 13.0 Å². The second-order valence-electron chi connectivity index (χ2n) is 5.49. The first-order valence-electron chi connectivity index (χ1n) is 6.65. The van der Waals surface area contributed by atoms with Gasteiger partial charge in [0.2, 0.25) is 5.91 Å². The van der Waals surface area contributed by atoms with Crippen molar-refractivity contribution in [1.82, 2.24) is 10.6 Å². The highest BCUT2D eigenvalue weighted by molar-refractivity contribution is 5.86. The molecule has 0 heterocycles. The van der Waals surface area contributed by atoms with Crippen molar-refractivity contribution < 1.29 is 4.79 Å². The van der Waals surface area contributed by atoms with E-state index in [-0.39, 0.29) is 5.91 Å². The van der Waals surface area contributed by atoms with Crippen molar-refractivity contribution in [3.8, 4) is 0 Å². The SMILES string of the molecule is CCNC(C)(C)C(=O)NC1CC1c1ccccc1. The van der Waals surface area contributed by atoms with E-state index in [1.165, 1.54) is 5.56 Å². The van der Waals surface area contributed by atoms with E-state index >= 15 is 0 Å². The molecule has 18 heavy (non-hydrogen) atoms. The number of nitrogens with one attached hydrogen (secondary N) is 2. The maximum atomic E-state index is 12.1. The molecule has 0 radical (unpaired) electrons. The monoisotopic (exact) mass is 246 g/mol. The van der Waals surface area contributed by atoms with Crippen molar-refractivity contribution in [2.45, 2.75) is 44.7 Å². The van der Waals surface area contributed by atoms with Gasteiger partial charge in [0, 0.05) is 12.0 Å². The first-order valence-corrected chi connectivity index (χ1v) is 6.65. The standard InChI is InChI=1S/C15H22N2O/c1-4-16-15(2,3)14(18)17-13-10-12(13)11-8-6-5-7-9-11/h5-9,12-13,16H,4,10H2,1-3H3,(H,17,18). The molecular weight excluding hydrogens is 224 g/mol. The van der Waals surface area contributed by atoms with Crippen molar-refractivity contribution >= 4 is 5.91 Å². The van der Waals surface area contributed by atoms with Gasteiger partial charge in [-0.05, 0) is 32.4 Å². The lowest BCUT2D eigenvalue weighted by Gasteiger charge is -2.24. The zero-order valence-corrected chi connectivity index (χ0v) is 11.4. The average Bonchev–Trinajstić information content (AvgIpc) is 3.09. The Morgan fingerprint density at radius 1 is 1.33 bits per heavy atom. The van der Waals surface area contributed by atoms with Gasteiger partial charge in [-0.1, -0.05) is 37.3 Å². The number of amides is 1. The molecular formula is C15H22N2O. The summed E-state index contributed by atoms with van der Waals surface area (Å²) in [6.45, 7) is 6.66. The van der Waals surface area contributed by atoms with Crippen LogP contribution in [0.25, 0.3) is 0 Å². The zero-order chi connectivity index (χ0) is 13.2. The molecule has 2 unspecified atom stereocenters. The van der Waals surface area contributed by atoms with Crippen LogP contribution < -0.4 is 10.6 Å². The van der Waals surface area contributed by atoms with Crippen LogP contribution in [0.1, 0.15) is 38.7 Å². The van der Waals surface area contributed by atoms with E-state index in [1.807, 2.05) is 26.8 Å². The second kappa shape index (κ2) is 5.11. The predicted molar refractivity (Wildman–Crippen MR) is 73.5 cm³/mol. The summed E-state index contributed by atoms with van der Waals surface area (Å²) in [6, 6.07) is 10.7. The minimum Gasteiger partial charge on any atom is -0.351 e.